The normalized spacial score (nSPS) is 42.9. The van der Waals surface area contributed by atoms with Crippen molar-refractivity contribution in [2.45, 2.75) is 64.1 Å². The second-order valence-corrected chi connectivity index (χ2v) is 4.84. The molecule has 0 amide bonds. The highest BCUT2D eigenvalue weighted by atomic mass is 16.8. The van der Waals surface area contributed by atoms with E-state index in [0.717, 1.165) is 12.0 Å². The van der Waals surface area contributed by atoms with Gasteiger partial charge in [-0.15, -0.1) is 0 Å². The van der Waals surface area contributed by atoms with Crippen LogP contribution in [-0.4, -0.2) is 28.7 Å². The quantitative estimate of drug-likeness (QED) is 0.711. The van der Waals surface area contributed by atoms with Crippen molar-refractivity contribution in [2.24, 2.45) is 0 Å². The van der Waals surface area contributed by atoms with Gasteiger partial charge < -0.3 is 14.6 Å². The van der Waals surface area contributed by atoms with Crippen LogP contribution in [0.25, 0.3) is 0 Å². The fourth-order valence-corrected chi connectivity index (χ4v) is 2.66. The van der Waals surface area contributed by atoms with Gasteiger partial charge in [0.2, 0.25) is 0 Å². The Hall–Kier alpha value is -0.380. The minimum atomic E-state index is -0.826. The van der Waals surface area contributed by atoms with E-state index in [0.29, 0.717) is 6.42 Å². The van der Waals surface area contributed by atoms with Gasteiger partial charge in [0.25, 0.3) is 0 Å². The Kier molecular flexibility index (Phi) is 2.45. The summed E-state index contributed by atoms with van der Waals surface area (Å²) in [5, 5.41) is 10.6. The second kappa shape index (κ2) is 3.30. The average Bonchev–Trinajstić information content (AvgIpc) is 2.60. The third-order valence-corrected chi connectivity index (χ3v) is 3.44. The molecule has 1 aliphatic carbocycles. The van der Waals surface area contributed by atoms with E-state index in [-0.39, 0.29) is 12.2 Å². The van der Waals surface area contributed by atoms with Crippen LogP contribution in [0.5, 0.6) is 0 Å². The number of rotatable bonds is 2. The Bertz CT molecular complexity index is 295. The van der Waals surface area contributed by atoms with E-state index in [2.05, 4.69) is 6.92 Å². The number of ether oxygens (including phenoxy) is 2. The molecular formula is C12H20O3. The molecule has 0 bridgehead atoms. The SMILES string of the molecule is CCC1=C[C@@H]2OC(C)(C)O[C@@H]2[C@@]1(O)CC. The lowest BCUT2D eigenvalue weighted by Gasteiger charge is -2.31. The third-order valence-electron chi connectivity index (χ3n) is 3.44. The molecule has 0 saturated carbocycles. The van der Waals surface area contributed by atoms with Crippen LogP contribution in [0.3, 0.4) is 0 Å². The van der Waals surface area contributed by atoms with Gasteiger partial charge in [-0.1, -0.05) is 19.9 Å². The minimum Gasteiger partial charge on any atom is -0.383 e. The number of hydrogen-bond acceptors (Lipinski definition) is 3. The molecule has 0 aromatic carbocycles. The van der Waals surface area contributed by atoms with Gasteiger partial charge >= 0.3 is 0 Å². The molecule has 1 aliphatic heterocycles. The summed E-state index contributed by atoms with van der Waals surface area (Å²) in [5.41, 5.74) is 0.225. The Balaban J connectivity index is 2.30. The van der Waals surface area contributed by atoms with Gasteiger partial charge in [-0.05, 0) is 32.3 Å². The summed E-state index contributed by atoms with van der Waals surface area (Å²) in [5.74, 6) is -0.575. The molecule has 2 aliphatic rings. The number of hydrogen-bond donors (Lipinski definition) is 1. The smallest absolute Gasteiger partial charge is 0.164 e. The van der Waals surface area contributed by atoms with Crippen LogP contribution in [0.2, 0.25) is 0 Å². The van der Waals surface area contributed by atoms with Gasteiger partial charge in [-0.25, -0.2) is 0 Å². The van der Waals surface area contributed by atoms with Crippen LogP contribution in [0, 0.1) is 0 Å². The maximum Gasteiger partial charge on any atom is 0.164 e. The molecule has 0 aromatic rings. The number of aliphatic hydroxyl groups is 1. The van der Waals surface area contributed by atoms with E-state index >= 15 is 0 Å². The van der Waals surface area contributed by atoms with Crippen molar-refractivity contribution in [3.8, 4) is 0 Å². The molecule has 15 heavy (non-hydrogen) atoms. The molecule has 1 fully saturated rings. The maximum absolute atomic E-state index is 10.6. The van der Waals surface area contributed by atoms with Crippen molar-refractivity contribution >= 4 is 0 Å². The van der Waals surface area contributed by atoms with Crippen LogP contribution in [0.4, 0.5) is 0 Å². The first-order chi connectivity index (χ1) is 6.93. The molecule has 2 rings (SSSR count). The Morgan fingerprint density at radius 3 is 2.53 bits per heavy atom. The molecule has 1 N–H and O–H groups in total. The highest BCUT2D eigenvalue weighted by molar-refractivity contribution is 5.31. The van der Waals surface area contributed by atoms with Crippen molar-refractivity contribution in [3.05, 3.63) is 11.6 Å². The zero-order valence-corrected chi connectivity index (χ0v) is 9.91. The fraction of sp³-hybridized carbons (Fsp3) is 0.833. The first-order valence-electron chi connectivity index (χ1n) is 5.72. The monoisotopic (exact) mass is 212 g/mol. The van der Waals surface area contributed by atoms with Gasteiger partial charge in [0.15, 0.2) is 5.79 Å². The summed E-state index contributed by atoms with van der Waals surface area (Å²) in [6.07, 6.45) is 3.24. The van der Waals surface area contributed by atoms with E-state index in [1.165, 1.54) is 0 Å². The molecule has 3 nitrogen and oxygen atoms in total. The van der Waals surface area contributed by atoms with Crippen molar-refractivity contribution in [1.29, 1.82) is 0 Å². The van der Waals surface area contributed by atoms with Gasteiger partial charge in [0.05, 0.1) is 0 Å². The molecule has 0 unspecified atom stereocenters. The summed E-state index contributed by atoms with van der Waals surface area (Å²) in [7, 11) is 0. The topological polar surface area (TPSA) is 38.7 Å². The fourth-order valence-electron chi connectivity index (χ4n) is 2.66. The Morgan fingerprint density at radius 1 is 1.33 bits per heavy atom. The lowest BCUT2D eigenvalue weighted by atomic mass is 9.89. The molecule has 1 heterocycles. The van der Waals surface area contributed by atoms with Gasteiger partial charge in [-0.2, -0.15) is 0 Å². The molecule has 1 saturated heterocycles. The Morgan fingerprint density at radius 2 is 2.00 bits per heavy atom. The van der Waals surface area contributed by atoms with Gasteiger partial charge in [0, 0.05) is 0 Å². The standard InChI is InChI=1S/C12H20O3/c1-5-8-7-9-10(12(8,13)6-2)15-11(3,4)14-9/h7,9-10,13H,5-6H2,1-4H3/t9-,10-,12+/m0/s1. The summed E-state index contributed by atoms with van der Waals surface area (Å²) >= 11 is 0. The highest BCUT2D eigenvalue weighted by Gasteiger charge is 2.55. The highest BCUT2D eigenvalue weighted by Crippen LogP contribution is 2.45. The first kappa shape index (κ1) is 11.1. The molecular weight excluding hydrogens is 192 g/mol. The lowest BCUT2D eigenvalue weighted by Crippen LogP contribution is -2.44. The van der Waals surface area contributed by atoms with Crippen molar-refractivity contribution in [3.63, 3.8) is 0 Å². The second-order valence-electron chi connectivity index (χ2n) is 4.84. The average molecular weight is 212 g/mol. The van der Waals surface area contributed by atoms with Crippen LogP contribution in [0.1, 0.15) is 40.5 Å². The van der Waals surface area contributed by atoms with E-state index in [1.807, 2.05) is 26.8 Å². The van der Waals surface area contributed by atoms with Crippen LogP contribution >= 0.6 is 0 Å². The molecule has 3 heteroatoms. The lowest BCUT2D eigenvalue weighted by molar-refractivity contribution is -0.166. The minimum absolute atomic E-state index is 0.0834. The first-order valence-corrected chi connectivity index (χ1v) is 5.72. The molecule has 86 valence electrons. The predicted octanol–water partition coefficient (Wildman–Crippen LogP) is 2.00. The van der Waals surface area contributed by atoms with E-state index < -0.39 is 11.4 Å². The summed E-state index contributed by atoms with van der Waals surface area (Å²) in [4.78, 5) is 0. The van der Waals surface area contributed by atoms with Crippen LogP contribution in [-0.2, 0) is 9.47 Å². The Labute approximate surface area is 91.1 Å². The maximum atomic E-state index is 10.6. The largest absolute Gasteiger partial charge is 0.383 e. The zero-order chi connectivity index (χ0) is 11.3. The predicted molar refractivity (Wildman–Crippen MR) is 57.4 cm³/mol. The summed E-state index contributed by atoms with van der Waals surface area (Å²) < 4.78 is 11.5. The van der Waals surface area contributed by atoms with Crippen molar-refractivity contribution < 1.29 is 14.6 Å². The van der Waals surface area contributed by atoms with E-state index in [4.69, 9.17) is 9.47 Å². The molecule has 0 aromatic heterocycles. The van der Waals surface area contributed by atoms with Gasteiger partial charge in [0.1, 0.15) is 17.8 Å². The van der Waals surface area contributed by atoms with Crippen LogP contribution < -0.4 is 0 Å². The van der Waals surface area contributed by atoms with Gasteiger partial charge in [-0.3, -0.25) is 0 Å². The molecule has 0 spiro atoms. The summed E-state index contributed by atoms with van der Waals surface area (Å²) in [6, 6.07) is 0. The zero-order valence-electron chi connectivity index (χ0n) is 9.91. The van der Waals surface area contributed by atoms with Crippen molar-refractivity contribution in [2.75, 3.05) is 0 Å². The van der Waals surface area contributed by atoms with E-state index in [1.54, 1.807) is 0 Å². The number of fused-ring (bicyclic) bond motifs is 1. The summed E-state index contributed by atoms with van der Waals surface area (Å²) in [6.45, 7) is 7.82. The van der Waals surface area contributed by atoms with Crippen molar-refractivity contribution in [1.82, 2.24) is 0 Å². The third kappa shape index (κ3) is 1.53. The van der Waals surface area contributed by atoms with Crippen LogP contribution in [0.15, 0.2) is 11.6 Å². The molecule has 0 radical (unpaired) electrons. The molecule has 3 atom stereocenters. The van der Waals surface area contributed by atoms with E-state index in [9.17, 15) is 5.11 Å².